The smallest absolute Gasteiger partial charge is 0.313 e. The normalized spacial score (nSPS) is 11.9. The topological polar surface area (TPSA) is 46.9 Å². The van der Waals surface area contributed by atoms with E-state index in [4.69, 9.17) is 11.6 Å². The van der Waals surface area contributed by atoms with Crippen LogP contribution in [0.5, 0.6) is 0 Å². The van der Waals surface area contributed by atoms with Gasteiger partial charge in [-0.3, -0.25) is 9.48 Å². The number of aromatic nitrogens is 2. The predicted molar refractivity (Wildman–Crippen MR) is 100 cm³/mol. The predicted octanol–water partition coefficient (Wildman–Crippen LogP) is 6.26. The van der Waals surface area contributed by atoms with Crippen LogP contribution in [0.1, 0.15) is 35.9 Å². The van der Waals surface area contributed by atoms with E-state index in [1.54, 1.807) is 26.0 Å². The number of nitrogens with zero attached hydrogens (tertiary/aromatic N) is 2. The molecule has 1 aromatic carbocycles. The summed E-state index contributed by atoms with van der Waals surface area (Å²) < 4.78 is 54.7. The summed E-state index contributed by atoms with van der Waals surface area (Å²) in [5.41, 5.74) is -0.917. The van der Waals surface area contributed by atoms with E-state index >= 15 is 0 Å². The van der Waals surface area contributed by atoms with Crippen LogP contribution in [-0.4, -0.2) is 15.7 Å². The van der Waals surface area contributed by atoms with E-state index in [0.29, 0.717) is 0 Å². The van der Waals surface area contributed by atoms with Crippen molar-refractivity contribution in [2.24, 2.45) is 0 Å². The van der Waals surface area contributed by atoms with Gasteiger partial charge >= 0.3 is 6.18 Å². The number of nitrogens with one attached hydrogen (secondary N) is 1. The van der Waals surface area contributed by atoms with Crippen molar-refractivity contribution in [3.8, 4) is 10.6 Å². The van der Waals surface area contributed by atoms with Crippen LogP contribution in [0.2, 0.25) is 5.02 Å². The molecule has 3 rings (SSSR count). The van der Waals surface area contributed by atoms with E-state index < -0.39 is 29.6 Å². The first kappa shape index (κ1) is 20.3. The van der Waals surface area contributed by atoms with Gasteiger partial charge in [-0.25, -0.2) is 4.39 Å². The Morgan fingerprint density at radius 2 is 1.93 bits per heavy atom. The second-order valence-corrected chi connectivity index (χ2v) is 7.63. The van der Waals surface area contributed by atoms with E-state index in [1.165, 1.54) is 12.1 Å². The van der Waals surface area contributed by atoms with Crippen molar-refractivity contribution < 1.29 is 22.4 Å². The molecule has 28 heavy (non-hydrogen) atoms. The van der Waals surface area contributed by atoms with E-state index in [2.05, 4.69) is 10.4 Å². The minimum absolute atomic E-state index is 0.0110. The average Bonchev–Trinajstić information content (AvgIpc) is 3.18. The fourth-order valence-electron chi connectivity index (χ4n) is 2.53. The highest BCUT2D eigenvalue weighted by Gasteiger charge is 2.36. The van der Waals surface area contributed by atoms with Gasteiger partial charge in [0.1, 0.15) is 5.82 Å². The van der Waals surface area contributed by atoms with Crippen LogP contribution < -0.4 is 5.32 Å². The van der Waals surface area contributed by atoms with Crippen LogP contribution in [0.4, 0.5) is 22.6 Å². The molecule has 0 aliphatic carbocycles. The number of thiophene rings is 1. The maximum absolute atomic E-state index is 14.5. The molecule has 0 atom stereocenters. The Morgan fingerprint density at radius 1 is 1.25 bits per heavy atom. The zero-order valence-corrected chi connectivity index (χ0v) is 16.2. The Kier molecular flexibility index (Phi) is 5.49. The third-order valence-corrected chi connectivity index (χ3v) is 5.17. The number of anilines is 1. The number of benzene rings is 1. The van der Waals surface area contributed by atoms with E-state index in [0.717, 1.165) is 28.2 Å². The number of halogens is 5. The summed E-state index contributed by atoms with van der Waals surface area (Å²) in [6.07, 6.45) is -4.65. The maximum Gasteiger partial charge on any atom is 0.435 e. The molecular formula is C18H14ClF4N3OS. The highest BCUT2D eigenvalue weighted by Crippen LogP contribution is 2.39. The highest BCUT2D eigenvalue weighted by molar-refractivity contribution is 7.19. The summed E-state index contributed by atoms with van der Waals surface area (Å²) in [5.74, 6) is -1.30. The van der Waals surface area contributed by atoms with Crippen molar-refractivity contribution in [2.75, 3.05) is 5.32 Å². The van der Waals surface area contributed by atoms with Crippen molar-refractivity contribution in [3.63, 3.8) is 0 Å². The molecular weight excluding hydrogens is 418 g/mol. The Hall–Kier alpha value is -2.39. The van der Waals surface area contributed by atoms with E-state index in [9.17, 15) is 22.4 Å². The van der Waals surface area contributed by atoms with Crippen LogP contribution in [0.25, 0.3) is 10.6 Å². The largest absolute Gasteiger partial charge is 0.435 e. The number of amides is 1. The van der Waals surface area contributed by atoms with E-state index in [1.807, 2.05) is 0 Å². The van der Waals surface area contributed by atoms with Gasteiger partial charge in [-0.05, 0) is 32.0 Å². The van der Waals surface area contributed by atoms with Gasteiger partial charge in [-0.2, -0.15) is 18.3 Å². The maximum atomic E-state index is 14.5. The molecule has 3 aromatic rings. The number of hydrogen-bond acceptors (Lipinski definition) is 3. The second kappa shape index (κ2) is 7.56. The molecule has 0 fully saturated rings. The van der Waals surface area contributed by atoms with Gasteiger partial charge in [0.2, 0.25) is 0 Å². The zero-order chi connectivity index (χ0) is 20.6. The standard InChI is InChI=1S/C18H14ClF4N3OS/c1-9(2)26-13(8-14(25-26)18(21,22)23)16-12(20)7-15(28-16)24-17(27)10-5-3-4-6-11(10)19/h3-9H,1-2H3,(H,24,27). The molecule has 1 N–H and O–H groups in total. The fraction of sp³-hybridized carbons (Fsp3) is 0.222. The first-order valence-electron chi connectivity index (χ1n) is 8.10. The summed E-state index contributed by atoms with van der Waals surface area (Å²) in [4.78, 5) is 12.3. The third-order valence-electron chi connectivity index (χ3n) is 3.79. The van der Waals surface area contributed by atoms with Crippen LogP contribution >= 0.6 is 22.9 Å². The van der Waals surface area contributed by atoms with Crippen LogP contribution in [0, 0.1) is 5.82 Å². The molecule has 0 bridgehead atoms. The Morgan fingerprint density at radius 3 is 2.54 bits per heavy atom. The van der Waals surface area contributed by atoms with Gasteiger partial charge in [-0.15, -0.1) is 11.3 Å². The summed E-state index contributed by atoms with van der Waals surface area (Å²) in [6.45, 7) is 3.28. The average molecular weight is 432 g/mol. The molecule has 1 amide bonds. The third kappa shape index (κ3) is 4.05. The first-order valence-corrected chi connectivity index (χ1v) is 9.29. The minimum atomic E-state index is -4.65. The Labute approximate surface area is 166 Å². The molecule has 0 aliphatic rings. The van der Waals surface area contributed by atoms with Gasteiger partial charge < -0.3 is 5.32 Å². The number of carbonyl (C=O) groups is 1. The lowest BCUT2D eigenvalue weighted by Gasteiger charge is -2.09. The quantitative estimate of drug-likeness (QED) is 0.496. The molecule has 2 heterocycles. The van der Waals surface area contributed by atoms with Crippen molar-refractivity contribution in [1.82, 2.24) is 9.78 Å². The van der Waals surface area contributed by atoms with Crippen LogP contribution in [0.3, 0.4) is 0 Å². The monoisotopic (exact) mass is 431 g/mol. The molecule has 0 saturated heterocycles. The molecule has 0 aliphatic heterocycles. The summed E-state index contributed by atoms with van der Waals surface area (Å²) >= 11 is 6.79. The molecule has 148 valence electrons. The molecule has 0 unspecified atom stereocenters. The Bertz CT molecular complexity index is 1030. The molecule has 10 heteroatoms. The number of hydrogen-bond donors (Lipinski definition) is 1. The van der Waals surface area contributed by atoms with Crippen LogP contribution in [0.15, 0.2) is 36.4 Å². The lowest BCUT2D eigenvalue weighted by molar-refractivity contribution is -0.141. The molecule has 0 saturated carbocycles. The van der Waals surface area contributed by atoms with Crippen molar-refractivity contribution in [3.05, 3.63) is 58.5 Å². The van der Waals surface area contributed by atoms with E-state index in [-0.39, 0.29) is 26.2 Å². The summed E-state index contributed by atoms with van der Waals surface area (Å²) in [6, 6.07) is 7.76. The summed E-state index contributed by atoms with van der Waals surface area (Å²) in [5, 5.41) is 6.44. The van der Waals surface area contributed by atoms with Gasteiger partial charge in [0.15, 0.2) is 5.69 Å². The Balaban J connectivity index is 1.96. The number of alkyl halides is 3. The first-order chi connectivity index (χ1) is 13.1. The van der Waals surface area contributed by atoms with Gasteiger partial charge in [0.05, 0.1) is 26.2 Å². The SMILES string of the molecule is CC(C)n1nc(C(F)(F)F)cc1-c1sc(NC(=O)c2ccccc2Cl)cc1F. The van der Waals surface area contributed by atoms with Crippen molar-refractivity contribution in [1.29, 1.82) is 0 Å². The van der Waals surface area contributed by atoms with Crippen LogP contribution in [-0.2, 0) is 6.18 Å². The lowest BCUT2D eigenvalue weighted by Crippen LogP contribution is -2.11. The fourth-order valence-corrected chi connectivity index (χ4v) is 3.69. The van der Waals surface area contributed by atoms with Crippen molar-refractivity contribution in [2.45, 2.75) is 26.1 Å². The van der Waals surface area contributed by atoms with Gasteiger partial charge in [0.25, 0.3) is 5.91 Å². The molecule has 0 radical (unpaired) electrons. The molecule has 4 nitrogen and oxygen atoms in total. The summed E-state index contributed by atoms with van der Waals surface area (Å²) in [7, 11) is 0. The lowest BCUT2D eigenvalue weighted by atomic mass is 10.2. The number of carbonyl (C=O) groups excluding carboxylic acids is 1. The van der Waals surface area contributed by atoms with Crippen molar-refractivity contribution >= 4 is 33.8 Å². The molecule has 2 aromatic heterocycles. The second-order valence-electron chi connectivity index (χ2n) is 6.17. The van der Waals surface area contributed by atoms with Gasteiger partial charge in [0, 0.05) is 12.1 Å². The number of rotatable bonds is 4. The zero-order valence-electron chi connectivity index (χ0n) is 14.6. The minimum Gasteiger partial charge on any atom is -0.313 e. The van der Waals surface area contributed by atoms with Gasteiger partial charge in [-0.1, -0.05) is 23.7 Å². The highest BCUT2D eigenvalue weighted by atomic mass is 35.5. The molecule has 0 spiro atoms.